The number of para-hydroxylation sites is 2. The SMILES string of the molecule is CCN(CCO)C(=O)c1ccccc1Oc1ccccc1C#N. The van der Waals surface area contributed by atoms with Gasteiger partial charge >= 0.3 is 0 Å². The van der Waals surface area contributed by atoms with Crippen molar-refractivity contribution in [1.29, 1.82) is 5.26 Å². The number of aliphatic hydroxyl groups excluding tert-OH is 1. The molecule has 0 aliphatic rings. The molecule has 2 rings (SSSR count). The van der Waals surface area contributed by atoms with Crippen LogP contribution in [0.15, 0.2) is 48.5 Å². The van der Waals surface area contributed by atoms with Gasteiger partial charge in [0, 0.05) is 13.1 Å². The molecule has 23 heavy (non-hydrogen) atoms. The number of benzene rings is 2. The quantitative estimate of drug-likeness (QED) is 0.890. The van der Waals surface area contributed by atoms with E-state index in [1.54, 1.807) is 53.4 Å². The number of nitriles is 1. The summed E-state index contributed by atoms with van der Waals surface area (Å²) in [5.41, 5.74) is 0.799. The van der Waals surface area contributed by atoms with Crippen LogP contribution in [0.4, 0.5) is 0 Å². The highest BCUT2D eigenvalue weighted by molar-refractivity contribution is 5.97. The maximum atomic E-state index is 12.6. The fourth-order valence-corrected chi connectivity index (χ4v) is 2.19. The lowest BCUT2D eigenvalue weighted by molar-refractivity contribution is 0.0729. The normalized spacial score (nSPS) is 9.96. The topological polar surface area (TPSA) is 73.6 Å². The Morgan fingerprint density at radius 3 is 2.48 bits per heavy atom. The van der Waals surface area contributed by atoms with Crippen LogP contribution >= 0.6 is 0 Å². The second-order valence-corrected chi connectivity index (χ2v) is 4.81. The summed E-state index contributed by atoms with van der Waals surface area (Å²) in [5.74, 6) is 0.573. The van der Waals surface area contributed by atoms with E-state index in [-0.39, 0.29) is 19.1 Å². The summed E-state index contributed by atoms with van der Waals surface area (Å²) in [6.07, 6.45) is 0. The lowest BCUT2D eigenvalue weighted by Crippen LogP contribution is -2.33. The van der Waals surface area contributed by atoms with Gasteiger partial charge in [0.15, 0.2) is 0 Å². The number of amides is 1. The first-order chi connectivity index (χ1) is 11.2. The fourth-order valence-electron chi connectivity index (χ4n) is 2.19. The molecule has 118 valence electrons. The van der Waals surface area contributed by atoms with E-state index in [0.717, 1.165) is 0 Å². The molecule has 0 aromatic heterocycles. The van der Waals surface area contributed by atoms with E-state index in [1.807, 2.05) is 6.92 Å². The Labute approximate surface area is 135 Å². The molecule has 2 aromatic carbocycles. The minimum absolute atomic E-state index is 0.0974. The van der Waals surface area contributed by atoms with Gasteiger partial charge in [0.05, 0.1) is 17.7 Å². The fraction of sp³-hybridized carbons (Fsp3) is 0.222. The molecule has 5 heteroatoms. The monoisotopic (exact) mass is 310 g/mol. The van der Waals surface area contributed by atoms with Gasteiger partial charge in [-0.3, -0.25) is 4.79 Å². The smallest absolute Gasteiger partial charge is 0.257 e. The molecule has 0 heterocycles. The Hall–Kier alpha value is -2.84. The Kier molecular flexibility index (Phi) is 5.73. The summed E-state index contributed by atoms with van der Waals surface area (Å²) in [4.78, 5) is 14.1. The molecule has 5 nitrogen and oxygen atoms in total. The summed E-state index contributed by atoms with van der Waals surface area (Å²) in [7, 11) is 0. The lowest BCUT2D eigenvalue weighted by atomic mass is 10.1. The largest absolute Gasteiger partial charge is 0.455 e. The second-order valence-electron chi connectivity index (χ2n) is 4.81. The van der Waals surface area contributed by atoms with E-state index in [9.17, 15) is 4.79 Å². The van der Waals surface area contributed by atoms with Crippen molar-refractivity contribution in [3.8, 4) is 17.6 Å². The molecule has 0 saturated carbocycles. The molecular formula is C18H18N2O3. The molecule has 2 aromatic rings. The number of rotatable bonds is 6. The van der Waals surface area contributed by atoms with E-state index in [0.29, 0.717) is 29.2 Å². The molecule has 0 atom stereocenters. The third kappa shape index (κ3) is 3.87. The molecule has 0 aliphatic heterocycles. The van der Waals surface area contributed by atoms with Crippen molar-refractivity contribution in [3.05, 3.63) is 59.7 Å². The van der Waals surface area contributed by atoms with Gasteiger partial charge in [-0.1, -0.05) is 24.3 Å². The second kappa shape index (κ2) is 7.97. The number of aliphatic hydroxyl groups is 1. The first-order valence-corrected chi connectivity index (χ1v) is 7.37. The molecule has 0 aliphatic carbocycles. The van der Waals surface area contributed by atoms with E-state index in [4.69, 9.17) is 15.1 Å². The van der Waals surface area contributed by atoms with Crippen molar-refractivity contribution in [3.63, 3.8) is 0 Å². The van der Waals surface area contributed by atoms with Crippen molar-refractivity contribution >= 4 is 5.91 Å². The zero-order valence-electron chi connectivity index (χ0n) is 12.9. The predicted molar refractivity (Wildman–Crippen MR) is 86.3 cm³/mol. The van der Waals surface area contributed by atoms with Gasteiger partial charge in [-0.25, -0.2) is 0 Å². The molecular weight excluding hydrogens is 292 g/mol. The zero-order chi connectivity index (χ0) is 16.7. The molecule has 0 spiro atoms. The van der Waals surface area contributed by atoms with Gasteiger partial charge in [0.1, 0.15) is 17.6 Å². The summed E-state index contributed by atoms with van der Waals surface area (Å²) in [5, 5.41) is 18.2. The maximum absolute atomic E-state index is 12.6. The van der Waals surface area contributed by atoms with Gasteiger partial charge in [-0.05, 0) is 31.2 Å². The van der Waals surface area contributed by atoms with Crippen LogP contribution in [0.1, 0.15) is 22.8 Å². The Bertz CT molecular complexity index is 722. The van der Waals surface area contributed by atoms with Crippen molar-refractivity contribution in [1.82, 2.24) is 4.90 Å². The average Bonchev–Trinajstić information content (AvgIpc) is 2.60. The van der Waals surface area contributed by atoms with Gasteiger partial charge in [-0.2, -0.15) is 5.26 Å². The van der Waals surface area contributed by atoms with Gasteiger partial charge in [0.2, 0.25) is 0 Å². The average molecular weight is 310 g/mol. The molecule has 0 saturated heterocycles. The van der Waals surface area contributed by atoms with E-state index < -0.39 is 0 Å². The number of ether oxygens (including phenoxy) is 1. The number of carbonyl (C=O) groups excluding carboxylic acids is 1. The highest BCUT2D eigenvalue weighted by Gasteiger charge is 2.18. The number of hydrogen-bond donors (Lipinski definition) is 1. The number of likely N-dealkylation sites (N-methyl/N-ethyl adjacent to an activating group) is 1. The van der Waals surface area contributed by atoms with Crippen molar-refractivity contribution in [2.24, 2.45) is 0 Å². The highest BCUT2D eigenvalue weighted by Crippen LogP contribution is 2.28. The zero-order valence-corrected chi connectivity index (χ0v) is 12.9. The Balaban J connectivity index is 2.34. The minimum Gasteiger partial charge on any atom is -0.455 e. The third-order valence-electron chi connectivity index (χ3n) is 3.38. The predicted octanol–water partition coefficient (Wildman–Crippen LogP) is 2.80. The number of carbonyl (C=O) groups is 1. The van der Waals surface area contributed by atoms with Crippen molar-refractivity contribution in [2.75, 3.05) is 19.7 Å². The molecule has 0 unspecified atom stereocenters. The Morgan fingerprint density at radius 1 is 1.17 bits per heavy atom. The first kappa shape index (κ1) is 16.5. The van der Waals surface area contributed by atoms with Crippen LogP contribution in [0, 0.1) is 11.3 Å². The minimum atomic E-state index is -0.216. The molecule has 0 fully saturated rings. The Morgan fingerprint density at radius 2 is 1.83 bits per heavy atom. The van der Waals surface area contributed by atoms with Crippen LogP contribution in [0.25, 0.3) is 0 Å². The third-order valence-corrected chi connectivity index (χ3v) is 3.38. The van der Waals surface area contributed by atoms with Crippen molar-refractivity contribution < 1.29 is 14.6 Å². The highest BCUT2D eigenvalue weighted by atomic mass is 16.5. The van der Waals surface area contributed by atoms with Gasteiger partial charge < -0.3 is 14.7 Å². The van der Waals surface area contributed by atoms with Gasteiger partial charge in [-0.15, -0.1) is 0 Å². The summed E-state index contributed by atoms with van der Waals surface area (Å²) < 4.78 is 5.79. The summed E-state index contributed by atoms with van der Waals surface area (Å²) in [6, 6.07) is 15.8. The molecule has 1 N–H and O–H groups in total. The first-order valence-electron chi connectivity index (χ1n) is 7.37. The van der Waals surface area contributed by atoms with E-state index in [2.05, 4.69) is 6.07 Å². The van der Waals surface area contributed by atoms with Gasteiger partial charge in [0.25, 0.3) is 5.91 Å². The van der Waals surface area contributed by atoms with Crippen LogP contribution < -0.4 is 4.74 Å². The van der Waals surface area contributed by atoms with Crippen LogP contribution in [0.5, 0.6) is 11.5 Å². The lowest BCUT2D eigenvalue weighted by Gasteiger charge is -2.21. The standard InChI is InChI=1S/C18H18N2O3/c1-2-20(11-12-21)18(22)15-8-4-6-10-17(15)23-16-9-5-3-7-14(16)13-19/h3-10,21H,2,11-12H2,1H3. The van der Waals surface area contributed by atoms with Crippen LogP contribution in [-0.4, -0.2) is 35.6 Å². The maximum Gasteiger partial charge on any atom is 0.257 e. The van der Waals surface area contributed by atoms with E-state index in [1.165, 1.54) is 0 Å². The molecule has 0 bridgehead atoms. The van der Waals surface area contributed by atoms with Crippen LogP contribution in [0.2, 0.25) is 0 Å². The van der Waals surface area contributed by atoms with Crippen LogP contribution in [0.3, 0.4) is 0 Å². The summed E-state index contributed by atoms with van der Waals surface area (Å²) in [6.45, 7) is 2.50. The molecule has 1 amide bonds. The van der Waals surface area contributed by atoms with Crippen LogP contribution in [-0.2, 0) is 0 Å². The van der Waals surface area contributed by atoms with Crippen molar-refractivity contribution in [2.45, 2.75) is 6.92 Å². The number of nitrogens with zero attached hydrogens (tertiary/aromatic N) is 2. The number of hydrogen-bond acceptors (Lipinski definition) is 4. The summed E-state index contributed by atoms with van der Waals surface area (Å²) >= 11 is 0. The molecule has 0 radical (unpaired) electrons. The van der Waals surface area contributed by atoms with E-state index >= 15 is 0 Å².